The van der Waals surface area contributed by atoms with Crippen LogP contribution in [0.4, 0.5) is 18.9 Å². The topological polar surface area (TPSA) is 126 Å². The highest BCUT2D eigenvalue weighted by atomic mass is 32.2. The Labute approximate surface area is 236 Å². The first kappa shape index (κ1) is 30.6. The van der Waals surface area contributed by atoms with Gasteiger partial charge < -0.3 is 19.7 Å². The van der Waals surface area contributed by atoms with E-state index in [1.54, 1.807) is 18.2 Å². The fourth-order valence-corrected chi connectivity index (χ4v) is 6.46. The Morgan fingerprint density at radius 3 is 2.59 bits per heavy atom. The van der Waals surface area contributed by atoms with Crippen molar-refractivity contribution in [1.82, 2.24) is 4.98 Å². The molecule has 1 aromatic carbocycles. The molecule has 41 heavy (non-hydrogen) atoms. The molecule has 1 aliphatic heterocycles. The zero-order valence-corrected chi connectivity index (χ0v) is 23.6. The predicted octanol–water partition coefficient (Wildman–Crippen LogP) is 5.28. The van der Waals surface area contributed by atoms with E-state index in [9.17, 15) is 26.4 Å². The van der Waals surface area contributed by atoms with Crippen molar-refractivity contribution in [3.63, 3.8) is 0 Å². The number of allylic oxidation sites excluding steroid dienone is 1. The summed E-state index contributed by atoms with van der Waals surface area (Å²) in [7, 11) is -4.74. The molecule has 0 amide bonds. The monoisotopic (exact) mass is 598 g/mol. The number of ether oxygens (including phenoxy) is 2. The minimum atomic E-state index is -4.88. The van der Waals surface area contributed by atoms with Crippen LogP contribution in [-0.4, -0.2) is 55.4 Å². The van der Waals surface area contributed by atoms with Crippen LogP contribution in [-0.2, 0) is 21.0 Å². The number of carboxylic acids is 1. The highest BCUT2D eigenvalue weighted by Gasteiger charge is 2.40. The van der Waals surface area contributed by atoms with Crippen LogP contribution in [0.25, 0.3) is 6.08 Å². The van der Waals surface area contributed by atoms with Crippen LogP contribution in [0.15, 0.2) is 40.9 Å². The Morgan fingerprint density at radius 1 is 1.24 bits per heavy atom. The second-order valence-electron chi connectivity index (χ2n) is 11.0. The van der Waals surface area contributed by atoms with E-state index in [0.29, 0.717) is 17.8 Å². The average molecular weight is 599 g/mol. The van der Waals surface area contributed by atoms with Gasteiger partial charge in [-0.05, 0) is 61.3 Å². The maximum atomic E-state index is 14.1. The van der Waals surface area contributed by atoms with E-state index in [2.05, 4.69) is 18.8 Å². The molecule has 9 nitrogen and oxygen atoms in total. The van der Waals surface area contributed by atoms with Gasteiger partial charge in [0, 0.05) is 12.6 Å². The van der Waals surface area contributed by atoms with Crippen molar-refractivity contribution in [3.05, 3.63) is 47.2 Å². The molecule has 224 valence electrons. The number of aliphatic carboxylic acids is 1. The third-order valence-electron chi connectivity index (χ3n) is 7.26. The molecule has 1 fully saturated rings. The number of carboxylic acid groups (broad SMARTS) is 1. The van der Waals surface area contributed by atoms with E-state index in [1.165, 1.54) is 5.57 Å². The van der Waals surface area contributed by atoms with Crippen molar-refractivity contribution in [2.24, 2.45) is 5.41 Å². The van der Waals surface area contributed by atoms with Gasteiger partial charge >= 0.3 is 12.1 Å². The normalized spacial score (nSPS) is 18.8. The number of nitrogens with zero attached hydrogens (tertiary/aromatic N) is 2. The summed E-state index contributed by atoms with van der Waals surface area (Å²) in [4.78, 5) is 14.0. The fourth-order valence-electron chi connectivity index (χ4n) is 4.85. The number of anilines is 1. The number of aliphatic hydroxyl groups is 1. The van der Waals surface area contributed by atoms with Crippen molar-refractivity contribution < 1.29 is 46.1 Å². The molecule has 0 bridgehead atoms. The minimum Gasteiger partial charge on any atom is -0.486 e. The standard InChI is InChI=1S/C28H33F3N2O7S/c1-27(2)9-7-18(8-10-27)13-19-3-5-23-22(14-19)33(17-21(40-23)4-6-25(35)36)41(37,38)24-15-20(28(29,30)31)16-32-26(24)39-12-11-34/h3,5,13-16,21,34H,4,6-12,17H2,1-2H3,(H,35,36)/t21-/m0/s1. The largest absolute Gasteiger partial charge is 0.486 e. The third-order valence-corrected chi connectivity index (χ3v) is 9.03. The number of rotatable bonds is 9. The lowest BCUT2D eigenvalue weighted by atomic mass is 9.75. The van der Waals surface area contributed by atoms with E-state index in [4.69, 9.17) is 19.7 Å². The fraction of sp³-hybridized carbons (Fsp3) is 0.500. The van der Waals surface area contributed by atoms with Gasteiger partial charge in [-0.25, -0.2) is 13.4 Å². The summed E-state index contributed by atoms with van der Waals surface area (Å²) in [6.07, 6.45) is 0.162. The van der Waals surface area contributed by atoms with Crippen molar-refractivity contribution in [1.29, 1.82) is 0 Å². The number of hydrogen-bond donors (Lipinski definition) is 2. The van der Waals surface area contributed by atoms with Crippen LogP contribution in [0.1, 0.15) is 63.5 Å². The first-order valence-corrected chi connectivity index (χ1v) is 14.7. The Balaban J connectivity index is 1.79. The number of sulfonamides is 1. The lowest BCUT2D eigenvalue weighted by Gasteiger charge is -2.36. The molecular formula is C28H33F3N2O7S. The van der Waals surface area contributed by atoms with Gasteiger partial charge in [-0.1, -0.05) is 31.6 Å². The van der Waals surface area contributed by atoms with Gasteiger partial charge in [0.2, 0.25) is 5.88 Å². The van der Waals surface area contributed by atoms with Gasteiger partial charge in [0.15, 0.2) is 4.90 Å². The Kier molecular flexibility index (Phi) is 8.88. The number of benzene rings is 1. The van der Waals surface area contributed by atoms with Gasteiger partial charge in [-0.2, -0.15) is 13.2 Å². The molecule has 2 aromatic rings. The number of halogens is 3. The van der Waals surface area contributed by atoms with Crippen molar-refractivity contribution >= 4 is 27.8 Å². The lowest BCUT2D eigenvalue weighted by molar-refractivity contribution is -0.138. The second-order valence-corrected chi connectivity index (χ2v) is 12.8. The van der Waals surface area contributed by atoms with Gasteiger partial charge in [-0.15, -0.1) is 0 Å². The molecule has 13 heteroatoms. The van der Waals surface area contributed by atoms with E-state index in [-0.39, 0.29) is 36.2 Å². The number of pyridine rings is 1. The zero-order valence-electron chi connectivity index (χ0n) is 22.8. The number of aromatic nitrogens is 1. The van der Waals surface area contributed by atoms with Crippen LogP contribution in [0.3, 0.4) is 0 Å². The smallest absolute Gasteiger partial charge is 0.417 e. The van der Waals surface area contributed by atoms with Crippen molar-refractivity contribution in [2.75, 3.05) is 24.1 Å². The molecule has 1 saturated carbocycles. The molecule has 2 N–H and O–H groups in total. The Morgan fingerprint density at radius 2 is 1.95 bits per heavy atom. The summed E-state index contributed by atoms with van der Waals surface area (Å²) in [6, 6.07) is 5.39. The van der Waals surface area contributed by atoms with E-state index in [0.717, 1.165) is 30.0 Å². The van der Waals surface area contributed by atoms with Gasteiger partial charge in [-0.3, -0.25) is 9.10 Å². The van der Waals surface area contributed by atoms with Crippen LogP contribution >= 0.6 is 0 Å². The van der Waals surface area contributed by atoms with Gasteiger partial charge in [0.1, 0.15) is 18.5 Å². The zero-order chi connectivity index (χ0) is 30.0. The average Bonchev–Trinajstić information content (AvgIpc) is 2.90. The van der Waals surface area contributed by atoms with Crippen LogP contribution < -0.4 is 13.8 Å². The maximum Gasteiger partial charge on any atom is 0.417 e. The molecule has 2 aliphatic rings. The molecule has 0 unspecified atom stereocenters. The number of fused-ring (bicyclic) bond motifs is 1. The summed E-state index contributed by atoms with van der Waals surface area (Å²) in [5.41, 5.74) is 0.961. The maximum absolute atomic E-state index is 14.1. The van der Waals surface area contributed by atoms with E-state index in [1.807, 2.05) is 6.08 Å². The van der Waals surface area contributed by atoms with E-state index >= 15 is 0 Å². The summed E-state index contributed by atoms with van der Waals surface area (Å²) in [5, 5.41) is 18.3. The minimum absolute atomic E-state index is 0.0307. The molecule has 0 saturated heterocycles. The Hall–Kier alpha value is -3.32. The molecule has 4 rings (SSSR count). The number of aliphatic hydroxyl groups excluding tert-OH is 1. The summed E-state index contributed by atoms with van der Waals surface area (Å²) < 4.78 is 80.9. The SMILES string of the molecule is CC1(C)CCC(=Cc2ccc3c(c2)N(S(=O)(=O)c2cc(C(F)(F)F)cnc2OCCO)C[C@H](CCC(=O)O)O3)CC1. The number of carbonyl (C=O) groups is 1. The molecule has 2 heterocycles. The Bertz CT molecular complexity index is 1410. The highest BCUT2D eigenvalue weighted by molar-refractivity contribution is 7.93. The molecule has 1 atom stereocenters. The molecule has 0 spiro atoms. The quantitative estimate of drug-likeness (QED) is 0.400. The predicted molar refractivity (Wildman–Crippen MR) is 144 cm³/mol. The first-order chi connectivity index (χ1) is 19.2. The van der Waals surface area contributed by atoms with Gasteiger partial charge in [0.05, 0.1) is 24.4 Å². The van der Waals surface area contributed by atoms with Crippen LogP contribution in [0, 0.1) is 5.41 Å². The molecule has 1 aliphatic carbocycles. The summed E-state index contributed by atoms with van der Waals surface area (Å²) in [6.45, 7) is 3.17. The summed E-state index contributed by atoms with van der Waals surface area (Å²) in [5.74, 6) is -1.54. The second kappa shape index (κ2) is 11.9. The number of alkyl halides is 3. The number of hydrogen-bond acceptors (Lipinski definition) is 7. The van der Waals surface area contributed by atoms with Crippen molar-refractivity contribution in [2.45, 2.75) is 69.5 Å². The van der Waals surface area contributed by atoms with E-state index < -0.39 is 57.8 Å². The van der Waals surface area contributed by atoms with Crippen molar-refractivity contribution in [3.8, 4) is 11.6 Å². The third kappa shape index (κ3) is 7.31. The first-order valence-electron chi connectivity index (χ1n) is 13.3. The van der Waals surface area contributed by atoms with Crippen LogP contribution in [0.5, 0.6) is 11.6 Å². The van der Waals surface area contributed by atoms with Crippen LogP contribution in [0.2, 0.25) is 0 Å². The molecular weight excluding hydrogens is 565 g/mol. The van der Waals surface area contributed by atoms with Gasteiger partial charge in [0.25, 0.3) is 10.0 Å². The lowest BCUT2D eigenvalue weighted by Crippen LogP contribution is -2.44. The molecule has 1 aromatic heterocycles. The molecule has 0 radical (unpaired) electrons. The highest BCUT2D eigenvalue weighted by Crippen LogP contribution is 2.43. The summed E-state index contributed by atoms with van der Waals surface area (Å²) >= 11 is 0.